The van der Waals surface area contributed by atoms with E-state index >= 15 is 0 Å². The molecule has 1 fully saturated rings. The molecule has 2 aromatic carbocycles. The minimum Gasteiger partial charge on any atom is -0.507 e. The smallest absolute Gasteiger partial charge is 0.300 e. The van der Waals surface area contributed by atoms with Crippen LogP contribution in [-0.2, 0) is 9.59 Å². The van der Waals surface area contributed by atoms with Crippen LogP contribution in [0.2, 0.25) is 0 Å². The molecule has 0 bridgehead atoms. The quantitative estimate of drug-likeness (QED) is 0.339. The van der Waals surface area contributed by atoms with Gasteiger partial charge in [0, 0.05) is 28.1 Å². The fourth-order valence-electron chi connectivity index (χ4n) is 3.60. The number of nitriles is 1. The molecule has 1 atom stereocenters. The number of anilines is 1. The maximum Gasteiger partial charge on any atom is 0.300 e. The number of carbonyl (C=O) groups is 2. The second-order valence-corrected chi connectivity index (χ2v) is 7.93. The molecule has 1 aliphatic rings. The third-order valence-corrected chi connectivity index (χ3v) is 6.06. The topological polar surface area (TPSA) is 94.3 Å². The highest BCUT2D eigenvalue weighted by Gasteiger charge is 2.46. The number of amides is 1. The number of hydrogen-bond donors (Lipinski definition) is 1. The third-order valence-electron chi connectivity index (χ3n) is 5.17. The molecule has 7 heteroatoms. The molecule has 4 rings (SSSR count). The Morgan fingerprint density at radius 1 is 1.10 bits per heavy atom. The third kappa shape index (κ3) is 3.62. The molecule has 0 aliphatic carbocycles. The van der Waals surface area contributed by atoms with Crippen molar-refractivity contribution in [1.29, 1.82) is 5.26 Å². The number of benzene rings is 2. The van der Waals surface area contributed by atoms with E-state index in [1.807, 2.05) is 13.0 Å². The van der Waals surface area contributed by atoms with Gasteiger partial charge in [0.05, 0.1) is 23.2 Å². The van der Waals surface area contributed by atoms with E-state index in [2.05, 4.69) is 20.9 Å². The summed E-state index contributed by atoms with van der Waals surface area (Å²) in [5, 5.41) is 20.2. The summed E-state index contributed by atoms with van der Waals surface area (Å²) in [6.45, 7) is 1.87. The molecule has 1 aliphatic heterocycles. The van der Waals surface area contributed by atoms with Crippen LogP contribution in [0.4, 0.5) is 5.69 Å². The fourth-order valence-corrected chi connectivity index (χ4v) is 3.85. The summed E-state index contributed by atoms with van der Waals surface area (Å²) in [5.74, 6) is -1.77. The van der Waals surface area contributed by atoms with Crippen LogP contribution in [0.25, 0.3) is 5.76 Å². The van der Waals surface area contributed by atoms with Crippen molar-refractivity contribution in [3.63, 3.8) is 0 Å². The van der Waals surface area contributed by atoms with E-state index in [0.717, 1.165) is 10.0 Å². The van der Waals surface area contributed by atoms with Gasteiger partial charge in [0.15, 0.2) is 0 Å². The minimum absolute atomic E-state index is 0.00211. The van der Waals surface area contributed by atoms with E-state index in [9.17, 15) is 14.7 Å². The second-order valence-electron chi connectivity index (χ2n) is 7.07. The molecule has 0 spiro atoms. The summed E-state index contributed by atoms with van der Waals surface area (Å²) < 4.78 is 0.868. The van der Waals surface area contributed by atoms with Crippen LogP contribution < -0.4 is 4.90 Å². The molecular formula is C24H16BrN3O3. The van der Waals surface area contributed by atoms with Crippen LogP contribution in [-0.4, -0.2) is 21.8 Å². The Morgan fingerprint density at radius 3 is 2.39 bits per heavy atom. The Balaban J connectivity index is 1.93. The van der Waals surface area contributed by atoms with E-state index < -0.39 is 17.7 Å². The van der Waals surface area contributed by atoms with Crippen LogP contribution in [0, 0.1) is 18.3 Å². The van der Waals surface area contributed by atoms with Crippen LogP contribution in [0.5, 0.6) is 0 Å². The van der Waals surface area contributed by atoms with Crippen molar-refractivity contribution in [3.8, 4) is 6.07 Å². The van der Waals surface area contributed by atoms with Gasteiger partial charge < -0.3 is 5.11 Å². The van der Waals surface area contributed by atoms with Crippen molar-refractivity contribution in [2.45, 2.75) is 13.0 Å². The van der Waals surface area contributed by atoms with Crippen molar-refractivity contribution >= 4 is 39.1 Å². The van der Waals surface area contributed by atoms with E-state index in [1.165, 1.54) is 4.90 Å². The van der Waals surface area contributed by atoms with Gasteiger partial charge in [-0.2, -0.15) is 5.26 Å². The summed E-state index contributed by atoms with van der Waals surface area (Å²) in [7, 11) is 0. The standard InChI is InChI=1S/C24H16BrN3O3/c1-14-12-17(4-7-19(14)25)22(29)20-21(16-8-10-27-11-9-16)28(24(31)23(20)30)18-5-2-15(13-26)3-6-18/h2-12,21,29H,1H3/b22-20-. The monoisotopic (exact) mass is 473 g/mol. The Labute approximate surface area is 187 Å². The molecule has 1 saturated heterocycles. The zero-order valence-corrected chi connectivity index (χ0v) is 18.0. The molecule has 31 heavy (non-hydrogen) atoms. The molecule has 1 aromatic heterocycles. The molecule has 152 valence electrons. The lowest BCUT2D eigenvalue weighted by molar-refractivity contribution is -0.132. The SMILES string of the molecule is Cc1cc(/C(O)=C2/C(=O)C(=O)N(c3ccc(C#N)cc3)C2c2ccncc2)ccc1Br. The lowest BCUT2D eigenvalue weighted by Crippen LogP contribution is -2.29. The number of carbonyl (C=O) groups excluding carboxylic acids is 2. The zero-order valence-electron chi connectivity index (χ0n) is 16.4. The number of aryl methyl sites for hydroxylation is 1. The summed E-state index contributed by atoms with van der Waals surface area (Å²) in [4.78, 5) is 31.5. The van der Waals surface area contributed by atoms with Gasteiger partial charge >= 0.3 is 0 Å². The van der Waals surface area contributed by atoms with Crippen molar-refractivity contribution < 1.29 is 14.7 Å². The Morgan fingerprint density at radius 2 is 1.77 bits per heavy atom. The predicted molar refractivity (Wildman–Crippen MR) is 119 cm³/mol. The Bertz CT molecular complexity index is 1260. The van der Waals surface area contributed by atoms with Crippen molar-refractivity contribution in [1.82, 2.24) is 4.98 Å². The van der Waals surface area contributed by atoms with Crippen LogP contribution in [0.3, 0.4) is 0 Å². The normalized spacial score (nSPS) is 17.6. The van der Waals surface area contributed by atoms with Gasteiger partial charge in [-0.3, -0.25) is 19.5 Å². The zero-order chi connectivity index (χ0) is 22.1. The van der Waals surface area contributed by atoms with Gasteiger partial charge in [0.1, 0.15) is 5.76 Å². The average molecular weight is 474 g/mol. The minimum atomic E-state index is -0.833. The highest BCUT2D eigenvalue weighted by molar-refractivity contribution is 9.10. The molecule has 1 amide bonds. The van der Waals surface area contributed by atoms with E-state index in [4.69, 9.17) is 5.26 Å². The number of rotatable bonds is 3. The maximum absolute atomic E-state index is 13.1. The van der Waals surface area contributed by atoms with Crippen molar-refractivity contribution in [3.05, 3.63) is 99.3 Å². The predicted octanol–water partition coefficient (Wildman–Crippen LogP) is 4.65. The number of Topliss-reactive ketones (excluding diaryl/α,β-unsaturated/α-hetero) is 1. The van der Waals surface area contributed by atoms with Crippen molar-refractivity contribution in [2.75, 3.05) is 4.90 Å². The largest absolute Gasteiger partial charge is 0.507 e. The highest BCUT2D eigenvalue weighted by atomic mass is 79.9. The number of hydrogen-bond acceptors (Lipinski definition) is 5. The molecular weight excluding hydrogens is 458 g/mol. The Hall–Kier alpha value is -3.76. The molecule has 0 radical (unpaired) electrons. The van der Waals surface area contributed by atoms with Gasteiger partial charge in [0.25, 0.3) is 11.7 Å². The summed E-state index contributed by atoms with van der Waals surface area (Å²) in [6.07, 6.45) is 3.13. The molecule has 1 N–H and O–H groups in total. The number of aromatic nitrogens is 1. The van der Waals surface area contributed by atoms with Crippen LogP contribution in [0.1, 0.15) is 28.3 Å². The molecule has 2 heterocycles. The van der Waals surface area contributed by atoms with Crippen molar-refractivity contribution in [2.24, 2.45) is 0 Å². The molecule has 6 nitrogen and oxygen atoms in total. The summed E-state index contributed by atoms with van der Waals surface area (Å²) in [5.41, 5.74) is 2.85. The highest BCUT2D eigenvalue weighted by Crippen LogP contribution is 2.42. The lowest BCUT2D eigenvalue weighted by atomic mass is 9.95. The summed E-state index contributed by atoms with van der Waals surface area (Å²) >= 11 is 3.43. The van der Waals surface area contributed by atoms with E-state index in [-0.39, 0.29) is 11.3 Å². The number of pyridine rings is 1. The average Bonchev–Trinajstić information content (AvgIpc) is 3.06. The number of aliphatic hydroxyl groups excluding tert-OH is 1. The molecule has 1 unspecified atom stereocenters. The first-order valence-corrected chi connectivity index (χ1v) is 10.2. The molecule has 0 saturated carbocycles. The van der Waals surface area contributed by atoms with Gasteiger partial charge in [-0.1, -0.05) is 22.0 Å². The number of ketones is 1. The van der Waals surface area contributed by atoms with Gasteiger partial charge in [-0.15, -0.1) is 0 Å². The number of halogens is 1. The van der Waals surface area contributed by atoms with Gasteiger partial charge in [0.2, 0.25) is 0 Å². The van der Waals surface area contributed by atoms with Gasteiger partial charge in [-0.25, -0.2) is 0 Å². The lowest BCUT2D eigenvalue weighted by Gasteiger charge is -2.25. The van der Waals surface area contributed by atoms with E-state index in [1.54, 1.807) is 67.0 Å². The van der Waals surface area contributed by atoms with Gasteiger partial charge in [-0.05, 0) is 66.6 Å². The van der Waals surface area contributed by atoms with E-state index in [0.29, 0.717) is 22.4 Å². The maximum atomic E-state index is 13.1. The first kappa shape index (κ1) is 20.5. The summed E-state index contributed by atoms with van der Waals surface area (Å²) in [6, 6.07) is 16.2. The Kier molecular flexibility index (Phi) is 5.40. The fraction of sp³-hybridized carbons (Fsp3) is 0.0833. The van der Waals surface area contributed by atoms with Crippen LogP contribution >= 0.6 is 15.9 Å². The van der Waals surface area contributed by atoms with Crippen LogP contribution in [0.15, 0.2) is 77.0 Å². The first-order valence-electron chi connectivity index (χ1n) is 9.40. The first-order chi connectivity index (χ1) is 14.9. The number of nitrogens with zero attached hydrogens (tertiary/aromatic N) is 3. The second kappa shape index (κ2) is 8.17. The molecule has 3 aromatic rings. The number of aliphatic hydroxyl groups is 1.